The molecule has 0 aliphatic carbocycles. The highest BCUT2D eigenvalue weighted by molar-refractivity contribution is 8.00. The van der Waals surface area contributed by atoms with Crippen molar-refractivity contribution in [2.24, 2.45) is 0 Å². The van der Waals surface area contributed by atoms with Crippen LogP contribution < -0.4 is 15.2 Å². The summed E-state index contributed by atoms with van der Waals surface area (Å²) in [4.78, 5) is 37.9. The van der Waals surface area contributed by atoms with Gasteiger partial charge in [-0.05, 0) is 42.8 Å². The number of fused-ring (bicyclic) bond motifs is 2. The van der Waals surface area contributed by atoms with E-state index in [1.807, 2.05) is 61.5 Å². The fraction of sp³-hybridized carbons (Fsp3) is 0.143. The summed E-state index contributed by atoms with van der Waals surface area (Å²) in [7, 11) is 1.55. The lowest BCUT2D eigenvalue weighted by atomic mass is 10.1. The molecule has 1 N–H and O–H groups in total. The lowest BCUT2D eigenvalue weighted by molar-refractivity contribution is -0.117. The number of hydrogen-bond acceptors (Lipinski definition) is 7. The van der Waals surface area contributed by atoms with Crippen molar-refractivity contribution < 1.29 is 9.53 Å². The van der Waals surface area contributed by atoms with E-state index in [2.05, 4.69) is 9.97 Å². The van der Waals surface area contributed by atoms with E-state index in [-0.39, 0.29) is 22.3 Å². The van der Waals surface area contributed by atoms with E-state index in [0.717, 1.165) is 21.2 Å². The number of anilines is 2. The number of rotatable bonds is 6. The molecule has 4 aromatic rings. The lowest BCUT2D eigenvalue weighted by Gasteiger charge is -2.33. The highest BCUT2D eigenvalue weighted by atomic mass is 32.2. The van der Waals surface area contributed by atoms with Crippen molar-refractivity contribution in [1.82, 2.24) is 9.97 Å². The van der Waals surface area contributed by atoms with Crippen LogP contribution in [0, 0.1) is 11.3 Å². The second-order valence-corrected chi connectivity index (χ2v) is 10.4. The van der Waals surface area contributed by atoms with Crippen molar-refractivity contribution in [2.45, 2.75) is 33.5 Å². The number of ether oxygens (including phenoxy) is 1. The maximum atomic E-state index is 14.0. The SMILES string of the molecule is CCC(Sc1nc(-c2cccc(OC)c2)c(C#N)c(=O)[nH]1)C(=O)N1c2ccccc2Sc2ccccc21. The van der Waals surface area contributed by atoms with E-state index >= 15 is 0 Å². The van der Waals surface area contributed by atoms with Crippen LogP contribution in [0.1, 0.15) is 18.9 Å². The second-order valence-electron chi connectivity index (χ2n) is 8.16. The molecule has 0 saturated heterocycles. The number of carbonyl (C=O) groups is 1. The summed E-state index contributed by atoms with van der Waals surface area (Å²) in [6, 6.07) is 24.6. The van der Waals surface area contributed by atoms with Gasteiger partial charge in [0.2, 0.25) is 5.91 Å². The van der Waals surface area contributed by atoms with E-state index in [1.54, 1.807) is 48.0 Å². The molecule has 0 bridgehead atoms. The molecule has 184 valence electrons. The molecule has 0 radical (unpaired) electrons. The van der Waals surface area contributed by atoms with Crippen molar-refractivity contribution in [3.63, 3.8) is 0 Å². The molecule has 1 amide bonds. The minimum atomic E-state index is -0.551. The first-order valence-electron chi connectivity index (χ1n) is 11.6. The summed E-state index contributed by atoms with van der Waals surface area (Å²) in [5.74, 6) is 0.474. The number of hydrogen-bond donors (Lipinski definition) is 1. The Labute approximate surface area is 222 Å². The van der Waals surface area contributed by atoms with Gasteiger partial charge in [-0.25, -0.2) is 4.98 Å². The number of H-pyrrole nitrogens is 1. The van der Waals surface area contributed by atoms with Crippen LogP contribution in [0.3, 0.4) is 0 Å². The Morgan fingerprint density at radius 1 is 1.11 bits per heavy atom. The Morgan fingerprint density at radius 3 is 2.41 bits per heavy atom. The number of thioether (sulfide) groups is 1. The van der Waals surface area contributed by atoms with Gasteiger partial charge in [0.05, 0.1) is 29.4 Å². The molecular formula is C28H22N4O3S2. The Balaban J connectivity index is 1.53. The smallest absolute Gasteiger partial charge is 0.270 e. The van der Waals surface area contributed by atoms with E-state index in [9.17, 15) is 14.9 Å². The molecule has 1 unspecified atom stereocenters. The van der Waals surface area contributed by atoms with Gasteiger partial charge in [0, 0.05) is 15.4 Å². The van der Waals surface area contributed by atoms with E-state index in [1.165, 1.54) is 11.8 Å². The predicted octanol–water partition coefficient (Wildman–Crippen LogP) is 6.02. The van der Waals surface area contributed by atoms with Gasteiger partial charge in [0.25, 0.3) is 5.56 Å². The molecule has 1 atom stereocenters. The van der Waals surface area contributed by atoms with Gasteiger partial charge in [-0.2, -0.15) is 5.26 Å². The van der Waals surface area contributed by atoms with E-state index in [0.29, 0.717) is 17.7 Å². The molecule has 1 aliphatic rings. The number of para-hydroxylation sites is 2. The van der Waals surface area contributed by atoms with E-state index in [4.69, 9.17) is 4.74 Å². The third-order valence-corrected chi connectivity index (χ3v) is 8.27. The van der Waals surface area contributed by atoms with Gasteiger partial charge in [-0.1, -0.05) is 66.8 Å². The van der Waals surface area contributed by atoms with E-state index < -0.39 is 10.8 Å². The minimum Gasteiger partial charge on any atom is -0.497 e. The number of nitriles is 1. The van der Waals surface area contributed by atoms with Crippen LogP contribution in [0.2, 0.25) is 0 Å². The first-order valence-corrected chi connectivity index (χ1v) is 13.3. The molecule has 0 saturated carbocycles. The topological polar surface area (TPSA) is 99.1 Å². The monoisotopic (exact) mass is 526 g/mol. The van der Waals surface area contributed by atoms with Crippen LogP contribution >= 0.6 is 23.5 Å². The number of amides is 1. The Morgan fingerprint density at radius 2 is 1.78 bits per heavy atom. The first kappa shape index (κ1) is 24.7. The fourth-order valence-corrected chi connectivity index (χ4v) is 6.12. The van der Waals surface area contributed by atoms with Crippen molar-refractivity contribution in [1.29, 1.82) is 5.26 Å². The maximum absolute atomic E-state index is 14.0. The van der Waals surface area contributed by atoms with Gasteiger partial charge >= 0.3 is 0 Å². The predicted molar refractivity (Wildman–Crippen MR) is 146 cm³/mol. The number of nitrogens with one attached hydrogen (secondary N) is 1. The number of aromatic nitrogens is 2. The molecule has 37 heavy (non-hydrogen) atoms. The number of carbonyl (C=O) groups excluding carboxylic acids is 1. The van der Waals surface area contributed by atoms with Crippen LogP contribution in [0.5, 0.6) is 5.75 Å². The summed E-state index contributed by atoms with van der Waals surface area (Å²) >= 11 is 2.82. The fourth-order valence-electron chi connectivity index (χ4n) is 4.12. The molecule has 0 fully saturated rings. The van der Waals surface area contributed by atoms with Crippen molar-refractivity contribution in [3.8, 4) is 23.1 Å². The molecule has 9 heteroatoms. The minimum absolute atomic E-state index is 0.0899. The maximum Gasteiger partial charge on any atom is 0.270 e. The highest BCUT2D eigenvalue weighted by Crippen LogP contribution is 2.48. The normalized spacial score (nSPS) is 12.7. The molecular weight excluding hydrogens is 504 g/mol. The number of nitrogens with zero attached hydrogens (tertiary/aromatic N) is 3. The third-order valence-electron chi connectivity index (χ3n) is 5.91. The van der Waals surface area contributed by atoms with Crippen molar-refractivity contribution in [3.05, 3.63) is 88.7 Å². The lowest BCUT2D eigenvalue weighted by Crippen LogP contribution is -2.36. The van der Waals surface area contributed by atoms with Crippen LogP contribution in [-0.2, 0) is 4.79 Å². The molecule has 0 spiro atoms. The number of methoxy groups -OCH3 is 1. The summed E-state index contributed by atoms with van der Waals surface area (Å²) in [5.41, 5.74) is 1.85. The second kappa shape index (κ2) is 10.5. The Hall–Kier alpha value is -4.00. The summed E-state index contributed by atoms with van der Waals surface area (Å²) in [6.07, 6.45) is 0.510. The molecule has 5 rings (SSSR count). The standard InChI is InChI=1S/C28H22N4O3S2/c1-3-22(27(34)32-20-11-4-6-13-23(20)36-24-14-7-5-12-21(24)32)37-28-30-25(19(16-29)26(33)31-28)17-9-8-10-18(15-17)35-2/h4-15,22H,3H2,1-2H3,(H,30,31,33). The third kappa shape index (κ3) is 4.73. The van der Waals surface area contributed by atoms with Crippen LogP contribution in [0.25, 0.3) is 11.3 Å². The molecule has 3 aromatic carbocycles. The van der Waals surface area contributed by atoms with Crippen molar-refractivity contribution in [2.75, 3.05) is 12.0 Å². The van der Waals surface area contributed by atoms with Crippen LogP contribution in [-0.4, -0.2) is 28.2 Å². The van der Waals surface area contributed by atoms with Gasteiger partial charge < -0.3 is 9.72 Å². The quantitative estimate of drug-likeness (QED) is 0.242. The van der Waals surface area contributed by atoms with Gasteiger partial charge in [-0.3, -0.25) is 14.5 Å². The average Bonchev–Trinajstić information content (AvgIpc) is 2.94. The molecule has 1 aromatic heterocycles. The Kier molecular flexibility index (Phi) is 7.04. The van der Waals surface area contributed by atoms with Crippen molar-refractivity contribution >= 4 is 40.8 Å². The summed E-state index contributed by atoms with van der Waals surface area (Å²) in [5, 5.41) is 9.38. The number of aromatic amines is 1. The van der Waals surface area contributed by atoms with Crippen LogP contribution in [0.4, 0.5) is 11.4 Å². The van der Waals surface area contributed by atoms with Gasteiger partial charge in [-0.15, -0.1) is 0 Å². The van der Waals surface area contributed by atoms with Gasteiger partial charge in [0.15, 0.2) is 5.16 Å². The molecule has 1 aliphatic heterocycles. The Bertz CT molecular complexity index is 1550. The average molecular weight is 527 g/mol. The summed E-state index contributed by atoms with van der Waals surface area (Å²) in [6.45, 7) is 1.93. The molecule has 7 nitrogen and oxygen atoms in total. The largest absolute Gasteiger partial charge is 0.497 e. The zero-order valence-electron chi connectivity index (χ0n) is 20.1. The van der Waals surface area contributed by atoms with Gasteiger partial charge in [0.1, 0.15) is 17.4 Å². The highest BCUT2D eigenvalue weighted by Gasteiger charge is 2.33. The van der Waals surface area contributed by atoms with Crippen LogP contribution in [0.15, 0.2) is 92.5 Å². The summed E-state index contributed by atoms with van der Waals surface area (Å²) < 4.78 is 5.29. The zero-order chi connectivity index (χ0) is 25.9. The first-order chi connectivity index (χ1) is 18.0. The zero-order valence-corrected chi connectivity index (χ0v) is 21.7. The number of benzene rings is 3. The molecule has 2 heterocycles.